The number of carbonyl (C=O) groups is 1. The highest BCUT2D eigenvalue weighted by molar-refractivity contribution is 5.79. The SMILES string of the molecule is COc1ccccc1CC(=O)NCCc1ncc[nH]1. The molecule has 0 spiro atoms. The van der Waals surface area contributed by atoms with Gasteiger partial charge in [0, 0.05) is 30.9 Å². The summed E-state index contributed by atoms with van der Waals surface area (Å²) in [5.74, 6) is 1.59. The monoisotopic (exact) mass is 259 g/mol. The number of benzene rings is 1. The van der Waals surface area contributed by atoms with E-state index in [0.717, 1.165) is 17.1 Å². The van der Waals surface area contributed by atoms with E-state index in [0.29, 0.717) is 19.4 Å². The zero-order chi connectivity index (χ0) is 13.5. The third-order valence-corrected chi connectivity index (χ3v) is 2.78. The molecule has 0 aliphatic carbocycles. The van der Waals surface area contributed by atoms with Gasteiger partial charge >= 0.3 is 0 Å². The normalized spacial score (nSPS) is 10.2. The standard InChI is InChI=1S/C14H17N3O2/c1-19-12-5-3-2-4-11(12)10-14(18)17-7-6-13-15-8-9-16-13/h2-5,8-9H,6-7,10H2,1H3,(H,15,16)(H,17,18). The molecule has 0 atom stereocenters. The Bertz CT molecular complexity index is 523. The molecule has 2 N–H and O–H groups in total. The van der Waals surface area contributed by atoms with E-state index >= 15 is 0 Å². The van der Waals surface area contributed by atoms with Crippen LogP contribution in [-0.4, -0.2) is 29.5 Å². The molecule has 0 aliphatic rings. The fraction of sp³-hybridized carbons (Fsp3) is 0.286. The fourth-order valence-corrected chi connectivity index (χ4v) is 1.84. The highest BCUT2D eigenvalue weighted by atomic mass is 16.5. The number of aromatic nitrogens is 2. The molecule has 0 radical (unpaired) electrons. The van der Waals surface area contributed by atoms with Crippen molar-refractivity contribution in [1.82, 2.24) is 15.3 Å². The Morgan fingerprint density at radius 2 is 2.26 bits per heavy atom. The molecule has 2 rings (SSSR count). The molecular formula is C14H17N3O2. The smallest absolute Gasteiger partial charge is 0.224 e. The number of hydrogen-bond acceptors (Lipinski definition) is 3. The van der Waals surface area contributed by atoms with Crippen LogP contribution in [0.4, 0.5) is 0 Å². The molecule has 0 bridgehead atoms. The molecule has 0 aliphatic heterocycles. The highest BCUT2D eigenvalue weighted by Crippen LogP contribution is 2.17. The van der Waals surface area contributed by atoms with Crippen molar-refractivity contribution in [2.45, 2.75) is 12.8 Å². The van der Waals surface area contributed by atoms with Crippen LogP contribution in [0.2, 0.25) is 0 Å². The van der Waals surface area contributed by atoms with Gasteiger partial charge < -0.3 is 15.0 Å². The van der Waals surface area contributed by atoms with Crippen molar-refractivity contribution in [2.24, 2.45) is 0 Å². The second-order valence-electron chi connectivity index (χ2n) is 4.12. The van der Waals surface area contributed by atoms with Crippen LogP contribution >= 0.6 is 0 Å². The molecule has 5 heteroatoms. The molecule has 100 valence electrons. The van der Waals surface area contributed by atoms with Crippen molar-refractivity contribution in [3.05, 3.63) is 48.0 Å². The topological polar surface area (TPSA) is 67.0 Å². The van der Waals surface area contributed by atoms with Crippen LogP contribution in [0.25, 0.3) is 0 Å². The Kier molecular flexibility index (Phi) is 4.55. The van der Waals surface area contributed by atoms with Crippen molar-refractivity contribution < 1.29 is 9.53 Å². The van der Waals surface area contributed by atoms with E-state index in [1.807, 2.05) is 24.3 Å². The van der Waals surface area contributed by atoms with E-state index in [1.165, 1.54) is 0 Å². The van der Waals surface area contributed by atoms with Gasteiger partial charge in [-0.2, -0.15) is 0 Å². The minimum absolute atomic E-state index is 0.0175. The van der Waals surface area contributed by atoms with Gasteiger partial charge in [-0.3, -0.25) is 4.79 Å². The number of nitrogens with zero attached hydrogens (tertiary/aromatic N) is 1. The molecule has 0 fully saturated rings. The lowest BCUT2D eigenvalue weighted by Gasteiger charge is -2.08. The summed E-state index contributed by atoms with van der Waals surface area (Å²) in [6.45, 7) is 0.571. The highest BCUT2D eigenvalue weighted by Gasteiger charge is 2.07. The van der Waals surface area contributed by atoms with E-state index in [4.69, 9.17) is 4.74 Å². The molecule has 19 heavy (non-hydrogen) atoms. The quantitative estimate of drug-likeness (QED) is 0.822. The Morgan fingerprint density at radius 3 is 3.00 bits per heavy atom. The molecule has 0 saturated heterocycles. The van der Waals surface area contributed by atoms with Crippen LogP contribution < -0.4 is 10.1 Å². The van der Waals surface area contributed by atoms with Crippen LogP contribution in [0.1, 0.15) is 11.4 Å². The van der Waals surface area contributed by atoms with Gasteiger partial charge in [-0.15, -0.1) is 0 Å². The third-order valence-electron chi connectivity index (χ3n) is 2.78. The van der Waals surface area contributed by atoms with E-state index < -0.39 is 0 Å². The van der Waals surface area contributed by atoms with Crippen LogP contribution in [0.15, 0.2) is 36.7 Å². The molecule has 2 aromatic rings. The maximum Gasteiger partial charge on any atom is 0.224 e. The lowest BCUT2D eigenvalue weighted by Crippen LogP contribution is -2.27. The molecule has 1 aromatic heterocycles. The first-order chi connectivity index (χ1) is 9.29. The van der Waals surface area contributed by atoms with Gasteiger partial charge in [-0.1, -0.05) is 18.2 Å². The van der Waals surface area contributed by atoms with Gasteiger partial charge in [-0.05, 0) is 6.07 Å². The average molecular weight is 259 g/mol. The summed E-state index contributed by atoms with van der Waals surface area (Å²) >= 11 is 0. The maximum absolute atomic E-state index is 11.8. The lowest BCUT2D eigenvalue weighted by molar-refractivity contribution is -0.120. The summed E-state index contributed by atoms with van der Waals surface area (Å²) in [5.41, 5.74) is 0.889. The number of imidazole rings is 1. The van der Waals surface area contributed by atoms with Crippen LogP contribution in [0.5, 0.6) is 5.75 Å². The Hall–Kier alpha value is -2.30. The Morgan fingerprint density at radius 1 is 1.42 bits per heavy atom. The van der Waals surface area contributed by atoms with Crippen LogP contribution in [-0.2, 0) is 17.6 Å². The molecule has 1 heterocycles. The van der Waals surface area contributed by atoms with Gasteiger partial charge in [0.15, 0.2) is 0 Å². The van der Waals surface area contributed by atoms with Crippen molar-refractivity contribution in [3.8, 4) is 5.75 Å². The zero-order valence-electron chi connectivity index (χ0n) is 10.8. The summed E-state index contributed by atoms with van der Waals surface area (Å²) in [7, 11) is 1.60. The summed E-state index contributed by atoms with van der Waals surface area (Å²) in [5, 5.41) is 2.87. The molecule has 0 unspecified atom stereocenters. The molecular weight excluding hydrogens is 242 g/mol. The Labute approximate surface area is 112 Å². The second kappa shape index (κ2) is 6.58. The summed E-state index contributed by atoms with van der Waals surface area (Å²) in [6.07, 6.45) is 4.49. The van der Waals surface area contributed by atoms with Crippen molar-refractivity contribution in [2.75, 3.05) is 13.7 Å². The summed E-state index contributed by atoms with van der Waals surface area (Å²) < 4.78 is 5.21. The minimum atomic E-state index is -0.0175. The number of ether oxygens (including phenoxy) is 1. The van der Waals surface area contributed by atoms with Crippen molar-refractivity contribution in [3.63, 3.8) is 0 Å². The number of nitrogens with one attached hydrogen (secondary N) is 2. The zero-order valence-corrected chi connectivity index (χ0v) is 10.8. The van der Waals surface area contributed by atoms with E-state index in [9.17, 15) is 4.79 Å². The average Bonchev–Trinajstić information content (AvgIpc) is 2.92. The summed E-state index contributed by atoms with van der Waals surface area (Å²) in [6, 6.07) is 7.53. The number of hydrogen-bond donors (Lipinski definition) is 2. The Balaban J connectivity index is 1.80. The number of rotatable bonds is 6. The van der Waals surface area contributed by atoms with E-state index in [2.05, 4.69) is 15.3 Å². The molecule has 0 saturated carbocycles. The summed E-state index contributed by atoms with van der Waals surface area (Å²) in [4.78, 5) is 18.9. The predicted octanol–water partition coefficient (Wildman–Crippen LogP) is 1.32. The number of amides is 1. The van der Waals surface area contributed by atoms with Gasteiger partial charge in [0.05, 0.1) is 13.5 Å². The number of carbonyl (C=O) groups excluding carboxylic acids is 1. The van der Waals surface area contributed by atoms with Crippen molar-refractivity contribution in [1.29, 1.82) is 0 Å². The number of para-hydroxylation sites is 1. The first kappa shape index (κ1) is 13.1. The predicted molar refractivity (Wildman–Crippen MR) is 72.0 cm³/mol. The van der Waals surface area contributed by atoms with Gasteiger partial charge in [-0.25, -0.2) is 4.98 Å². The maximum atomic E-state index is 11.8. The van der Waals surface area contributed by atoms with Crippen LogP contribution in [0, 0.1) is 0 Å². The molecule has 5 nitrogen and oxygen atoms in total. The third kappa shape index (κ3) is 3.84. The first-order valence-electron chi connectivity index (χ1n) is 6.16. The van der Waals surface area contributed by atoms with E-state index in [-0.39, 0.29) is 5.91 Å². The van der Waals surface area contributed by atoms with E-state index in [1.54, 1.807) is 19.5 Å². The lowest BCUT2D eigenvalue weighted by atomic mass is 10.1. The first-order valence-corrected chi connectivity index (χ1v) is 6.16. The minimum Gasteiger partial charge on any atom is -0.496 e. The van der Waals surface area contributed by atoms with Gasteiger partial charge in [0.1, 0.15) is 11.6 Å². The number of methoxy groups -OCH3 is 1. The van der Waals surface area contributed by atoms with Gasteiger partial charge in [0.2, 0.25) is 5.91 Å². The number of aromatic amines is 1. The second-order valence-corrected chi connectivity index (χ2v) is 4.12. The molecule has 1 aromatic carbocycles. The number of H-pyrrole nitrogens is 1. The van der Waals surface area contributed by atoms with Gasteiger partial charge in [0.25, 0.3) is 0 Å². The fourth-order valence-electron chi connectivity index (χ4n) is 1.84. The molecule has 1 amide bonds. The van der Waals surface area contributed by atoms with Crippen molar-refractivity contribution >= 4 is 5.91 Å². The van der Waals surface area contributed by atoms with Crippen LogP contribution in [0.3, 0.4) is 0 Å². The largest absolute Gasteiger partial charge is 0.496 e.